The van der Waals surface area contributed by atoms with Crippen molar-refractivity contribution in [2.24, 2.45) is 0 Å². The van der Waals surface area contributed by atoms with E-state index in [9.17, 15) is 13.6 Å². The molecule has 0 saturated carbocycles. The molecule has 1 aromatic heterocycles. The third-order valence-corrected chi connectivity index (χ3v) is 3.47. The number of nitriles is 1. The number of halogens is 2. The maximum atomic E-state index is 14.0. The molecule has 2 aromatic rings. The standard InChI is InChI=1S/C14H9F2N5O/c15-6-1-2-10(9(16)3-6)21-11(22)4-7-12(18)8(5-17)13(19)20-14(7)21/h1-3H,4H2,(H4,18,19,20)/p+1. The van der Waals surface area contributed by atoms with E-state index in [1.54, 1.807) is 0 Å². The van der Waals surface area contributed by atoms with Gasteiger partial charge in [-0.1, -0.05) is 0 Å². The third-order valence-electron chi connectivity index (χ3n) is 3.47. The first kappa shape index (κ1) is 13.8. The number of fused-ring (bicyclic) bond motifs is 1. The van der Waals surface area contributed by atoms with E-state index in [1.165, 1.54) is 0 Å². The number of rotatable bonds is 1. The van der Waals surface area contributed by atoms with Gasteiger partial charge >= 0.3 is 0 Å². The molecule has 0 saturated heterocycles. The fraction of sp³-hybridized carbons (Fsp3) is 0.0714. The second-order valence-corrected chi connectivity index (χ2v) is 4.77. The molecule has 110 valence electrons. The Morgan fingerprint density at radius 2 is 2.05 bits per heavy atom. The van der Waals surface area contributed by atoms with Gasteiger partial charge in [0.15, 0.2) is 5.82 Å². The number of benzene rings is 1. The van der Waals surface area contributed by atoms with Gasteiger partial charge < -0.3 is 11.5 Å². The molecule has 22 heavy (non-hydrogen) atoms. The fourth-order valence-corrected chi connectivity index (χ4v) is 2.45. The van der Waals surface area contributed by atoms with Gasteiger partial charge in [0, 0.05) is 6.07 Å². The molecule has 6 nitrogen and oxygen atoms in total. The average molecular weight is 302 g/mol. The number of nitrogens with one attached hydrogen (secondary N) is 1. The van der Waals surface area contributed by atoms with Crippen LogP contribution in [0.4, 0.5) is 31.8 Å². The smallest absolute Gasteiger partial charge is 0.292 e. The minimum Gasteiger partial charge on any atom is -0.397 e. The van der Waals surface area contributed by atoms with Gasteiger partial charge in [-0.05, 0) is 12.1 Å². The van der Waals surface area contributed by atoms with Crippen LogP contribution in [-0.2, 0) is 11.2 Å². The normalized spacial score (nSPS) is 13.1. The number of H-pyrrole nitrogens is 1. The Hall–Kier alpha value is -3.21. The quantitative estimate of drug-likeness (QED) is 0.819. The molecule has 0 bridgehead atoms. The first-order chi connectivity index (χ1) is 10.4. The molecule has 0 unspecified atom stereocenters. The summed E-state index contributed by atoms with van der Waals surface area (Å²) in [4.78, 5) is 15.9. The zero-order valence-corrected chi connectivity index (χ0v) is 11.2. The largest absolute Gasteiger partial charge is 0.397 e. The molecule has 0 radical (unpaired) electrons. The van der Waals surface area contributed by atoms with Crippen LogP contribution < -0.4 is 21.4 Å². The van der Waals surface area contributed by atoms with Crippen molar-refractivity contribution >= 4 is 28.9 Å². The van der Waals surface area contributed by atoms with Crippen LogP contribution in [0.2, 0.25) is 0 Å². The Morgan fingerprint density at radius 3 is 2.68 bits per heavy atom. The topological polar surface area (TPSA) is 110 Å². The van der Waals surface area contributed by atoms with Gasteiger partial charge in [0.25, 0.3) is 5.91 Å². The van der Waals surface area contributed by atoms with E-state index in [0.29, 0.717) is 11.6 Å². The van der Waals surface area contributed by atoms with Crippen LogP contribution in [0.3, 0.4) is 0 Å². The summed E-state index contributed by atoms with van der Waals surface area (Å²) in [5, 5.41) is 9.02. The van der Waals surface area contributed by atoms with Crippen LogP contribution in [0.25, 0.3) is 0 Å². The summed E-state index contributed by atoms with van der Waals surface area (Å²) in [5.74, 6) is -1.95. The van der Waals surface area contributed by atoms with Gasteiger partial charge in [-0.3, -0.25) is 4.79 Å². The Labute approximate surface area is 123 Å². The number of amides is 1. The molecule has 8 heteroatoms. The Kier molecular flexibility index (Phi) is 2.92. The van der Waals surface area contributed by atoms with Crippen LogP contribution in [-0.4, -0.2) is 5.91 Å². The molecule has 1 aromatic carbocycles. The second-order valence-electron chi connectivity index (χ2n) is 4.77. The molecular formula is C14H10F2N5O+. The molecule has 1 aliphatic heterocycles. The summed E-state index contributed by atoms with van der Waals surface area (Å²) < 4.78 is 27.0. The van der Waals surface area contributed by atoms with Gasteiger partial charge in [-0.25, -0.2) is 13.8 Å². The van der Waals surface area contributed by atoms with E-state index in [2.05, 4.69) is 4.98 Å². The molecule has 0 fully saturated rings. The predicted octanol–water partition coefficient (Wildman–Crippen LogP) is 1.04. The van der Waals surface area contributed by atoms with Crippen molar-refractivity contribution in [3.05, 3.63) is 41.0 Å². The maximum absolute atomic E-state index is 14.0. The predicted molar refractivity (Wildman–Crippen MR) is 73.7 cm³/mol. The number of anilines is 4. The molecule has 1 amide bonds. The second kappa shape index (κ2) is 4.66. The first-order valence-corrected chi connectivity index (χ1v) is 6.25. The van der Waals surface area contributed by atoms with Crippen molar-refractivity contribution in [3.8, 4) is 6.07 Å². The molecule has 3 rings (SSSR count). The Morgan fingerprint density at radius 1 is 1.32 bits per heavy atom. The van der Waals surface area contributed by atoms with Crippen LogP contribution in [0, 0.1) is 23.0 Å². The highest BCUT2D eigenvalue weighted by atomic mass is 19.1. The summed E-state index contributed by atoms with van der Waals surface area (Å²) in [5.41, 5.74) is 11.9. The molecule has 2 heterocycles. The lowest BCUT2D eigenvalue weighted by molar-refractivity contribution is -0.344. The minimum atomic E-state index is -0.892. The first-order valence-electron chi connectivity index (χ1n) is 6.25. The van der Waals surface area contributed by atoms with E-state index >= 15 is 0 Å². The molecule has 0 aliphatic carbocycles. The highest BCUT2D eigenvalue weighted by Crippen LogP contribution is 2.38. The number of pyridine rings is 1. The van der Waals surface area contributed by atoms with E-state index < -0.39 is 17.5 Å². The van der Waals surface area contributed by atoms with Crippen molar-refractivity contribution in [1.29, 1.82) is 5.26 Å². The lowest BCUT2D eigenvalue weighted by atomic mass is 10.1. The van der Waals surface area contributed by atoms with E-state index in [1.807, 2.05) is 6.07 Å². The van der Waals surface area contributed by atoms with E-state index in [0.717, 1.165) is 17.0 Å². The molecule has 0 atom stereocenters. The van der Waals surface area contributed by atoms with Crippen LogP contribution >= 0.6 is 0 Å². The number of nitrogen functional groups attached to an aromatic ring is 2. The lowest BCUT2D eigenvalue weighted by Crippen LogP contribution is -2.28. The lowest BCUT2D eigenvalue weighted by Gasteiger charge is -2.13. The Bertz CT molecular complexity index is 859. The van der Waals surface area contributed by atoms with E-state index in [4.69, 9.17) is 16.7 Å². The molecule has 1 aliphatic rings. The van der Waals surface area contributed by atoms with Gasteiger partial charge in [0.1, 0.15) is 23.1 Å². The number of nitrogens with two attached hydrogens (primary N) is 2. The zero-order chi connectivity index (χ0) is 16.0. The average Bonchev–Trinajstić information content (AvgIpc) is 2.76. The zero-order valence-electron chi connectivity index (χ0n) is 11.2. The Balaban J connectivity index is 2.23. The van der Waals surface area contributed by atoms with Gasteiger partial charge in [-0.2, -0.15) is 10.2 Å². The van der Waals surface area contributed by atoms with Crippen LogP contribution in [0.15, 0.2) is 18.2 Å². The van der Waals surface area contributed by atoms with Gasteiger partial charge in [0.2, 0.25) is 11.6 Å². The molecule has 0 spiro atoms. The maximum Gasteiger partial charge on any atom is 0.292 e. The highest BCUT2D eigenvalue weighted by molar-refractivity contribution is 6.07. The van der Waals surface area contributed by atoms with Crippen LogP contribution in [0.1, 0.15) is 11.1 Å². The van der Waals surface area contributed by atoms with Gasteiger partial charge in [0.05, 0.1) is 17.7 Å². The van der Waals surface area contributed by atoms with Crippen molar-refractivity contribution in [2.75, 3.05) is 16.4 Å². The number of aromatic nitrogens is 1. The summed E-state index contributed by atoms with van der Waals surface area (Å²) >= 11 is 0. The van der Waals surface area contributed by atoms with Crippen molar-refractivity contribution < 1.29 is 18.6 Å². The summed E-state index contributed by atoms with van der Waals surface area (Å²) in [6, 6.07) is 4.71. The van der Waals surface area contributed by atoms with Crippen molar-refractivity contribution in [3.63, 3.8) is 0 Å². The SMILES string of the molecule is N#Cc1c(N)[nH+]c2c(c1N)CC(=O)N2c1ccc(F)cc1F. The number of hydrogen-bond donors (Lipinski definition) is 2. The summed E-state index contributed by atoms with van der Waals surface area (Å²) in [6.07, 6.45) is -0.108. The summed E-state index contributed by atoms with van der Waals surface area (Å²) in [6.45, 7) is 0. The fourth-order valence-electron chi connectivity index (χ4n) is 2.45. The number of nitrogens with zero attached hydrogens (tertiary/aromatic N) is 2. The molecule has 5 N–H and O–H groups in total. The van der Waals surface area contributed by atoms with E-state index in [-0.39, 0.29) is 35.0 Å². The minimum absolute atomic E-state index is 0.0269. The number of carbonyl (C=O) groups excluding carboxylic acids is 1. The number of aromatic amines is 1. The summed E-state index contributed by atoms with van der Waals surface area (Å²) in [7, 11) is 0. The highest BCUT2D eigenvalue weighted by Gasteiger charge is 2.39. The number of hydrogen-bond acceptors (Lipinski definition) is 4. The van der Waals surface area contributed by atoms with Crippen LogP contribution in [0.5, 0.6) is 0 Å². The van der Waals surface area contributed by atoms with Crippen molar-refractivity contribution in [2.45, 2.75) is 6.42 Å². The van der Waals surface area contributed by atoms with Crippen molar-refractivity contribution in [1.82, 2.24) is 0 Å². The third kappa shape index (κ3) is 1.83. The molecular weight excluding hydrogens is 292 g/mol. The monoisotopic (exact) mass is 302 g/mol. The number of carbonyl (C=O) groups is 1. The van der Waals surface area contributed by atoms with Gasteiger partial charge in [-0.15, -0.1) is 0 Å².